The SMILES string of the molecule is CN=C(NCCCC(=O)NC1CC1)N(C)Cc1csc(C)n1.I. The lowest BCUT2D eigenvalue weighted by atomic mass is 10.3. The second-order valence-electron chi connectivity index (χ2n) is 5.63. The number of amides is 1. The largest absolute Gasteiger partial charge is 0.356 e. The molecule has 1 aliphatic carbocycles. The van der Waals surface area contributed by atoms with Crippen molar-refractivity contribution >= 4 is 47.2 Å². The van der Waals surface area contributed by atoms with Gasteiger partial charge in [-0.2, -0.15) is 0 Å². The Bertz CT molecular complexity index is 530. The minimum Gasteiger partial charge on any atom is -0.356 e. The third-order valence-electron chi connectivity index (χ3n) is 3.45. The van der Waals surface area contributed by atoms with Crippen LogP contribution in [-0.4, -0.2) is 48.4 Å². The summed E-state index contributed by atoms with van der Waals surface area (Å²) in [7, 11) is 3.76. The fourth-order valence-corrected chi connectivity index (χ4v) is 2.76. The summed E-state index contributed by atoms with van der Waals surface area (Å²) in [5.74, 6) is 0.985. The third-order valence-corrected chi connectivity index (χ3v) is 4.27. The van der Waals surface area contributed by atoms with Gasteiger partial charge < -0.3 is 15.5 Å². The third kappa shape index (κ3) is 7.47. The number of hydrogen-bond acceptors (Lipinski definition) is 4. The smallest absolute Gasteiger partial charge is 0.220 e. The Kier molecular flexibility index (Phi) is 8.82. The van der Waals surface area contributed by atoms with E-state index in [-0.39, 0.29) is 29.9 Å². The number of aliphatic imine (C=N–C) groups is 1. The van der Waals surface area contributed by atoms with Crippen molar-refractivity contribution in [3.8, 4) is 0 Å². The Morgan fingerprint density at radius 3 is 2.83 bits per heavy atom. The van der Waals surface area contributed by atoms with Crippen LogP contribution in [0, 0.1) is 6.92 Å². The van der Waals surface area contributed by atoms with Crippen molar-refractivity contribution in [3.05, 3.63) is 16.1 Å². The van der Waals surface area contributed by atoms with E-state index in [2.05, 4.69) is 26.0 Å². The van der Waals surface area contributed by atoms with Crippen molar-refractivity contribution in [2.24, 2.45) is 4.99 Å². The maximum absolute atomic E-state index is 11.6. The molecule has 1 aromatic rings. The van der Waals surface area contributed by atoms with E-state index < -0.39 is 0 Å². The van der Waals surface area contributed by atoms with E-state index in [9.17, 15) is 4.79 Å². The summed E-state index contributed by atoms with van der Waals surface area (Å²) < 4.78 is 0. The highest BCUT2D eigenvalue weighted by Gasteiger charge is 2.22. The van der Waals surface area contributed by atoms with E-state index in [1.54, 1.807) is 18.4 Å². The molecule has 2 N–H and O–H groups in total. The highest BCUT2D eigenvalue weighted by atomic mass is 127. The molecule has 0 aliphatic heterocycles. The van der Waals surface area contributed by atoms with Gasteiger partial charge in [0.25, 0.3) is 0 Å². The topological polar surface area (TPSA) is 69.6 Å². The minimum atomic E-state index is 0. The number of rotatable bonds is 7. The average molecular weight is 451 g/mol. The number of nitrogens with one attached hydrogen (secondary N) is 2. The average Bonchev–Trinajstić information content (AvgIpc) is 3.19. The van der Waals surface area contributed by atoms with Gasteiger partial charge in [0.2, 0.25) is 5.91 Å². The lowest BCUT2D eigenvalue weighted by molar-refractivity contribution is -0.121. The number of aromatic nitrogens is 1. The molecular formula is C15H26IN5OS. The van der Waals surface area contributed by atoms with E-state index in [1.807, 2.05) is 18.9 Å². The Hall–Kier alpha value is -0.900. The van der Waals surface area contributed by atoms with Gasteiger partial charge in [-0.3, -0.25) is 9.79 Å². The van der Waals surface area contributed by atoms with Crippen molar-refractivity contribution in [1.29, 1.82) is 0 Å². The number of halogens is 1. The number of hydrogen-bond donors (Lipinski definition) is 2. The summed E-state index contributed by atoms with van der Waals surface area (Å²) in [4.78, 5) is 22.4. The van der Waals surface area contributed by atoms with E-state index >= 15 is 0 Å². The van der Waals surface area contributed by atoms with Crippen LogP contribution in [-0.2, 0) is 11.3 Å². The van der Waals surface area contributed by atoms with E-state index in [4.69, 9.17) is 0 Å². The number of carbonyl (C=O) groups excluding carboxylic acids is 1. The normalized spacial score (nSPS) is 14.1. The molecule has 8 heteroatoms. The first-order valence-electron chi connectivity index (χ1n) is 7.70. The van der Waals surface area contributed by atoms with Crippen molar-refractivity contribution in [1.82, 2.24) is 20.5 Å². The van der Waals surface area contributed by atoms with E-state index in [0.717, 1.165) is 49.0 Å². The Balaban J connectivity index is 0.00000264. The summed E-state index contributed by atoms with van der Waals surface area (Å²) in [5.41, 5.74) is 1.05. The lowest BCUT2D eigenvalue weighted by Crippen LogP contribution is -2.39. The molecule has 0 aromatic carbocycles. The number of guanidine groups is 1. The zero-order valence-electron chi connectivity index (χ0n) is 14.0. The van der Waals surface area contributed by atoms with Gasteiger partial charge in [0.05, 0.1) is 17.2 Å². The molecular weight excluding hydrogens is 425 g/mol. The van der Waals surface area contributed by atoms with Crippen LogP contribution >= 0.6 is 35.3 Å². The molecule has 23 heavy (non-hydrogen) atoms. The van der Waals surface area contributed by atoms with Gasteiger partial charge in [0.1, 0.15) is 0 Å². The molecule has 0 spiro atoms. The van der Waals surface area contributed by atoms with Gasteiger partial charge in [-0.25, -0.2) is 4.98 Å². The first-order valence-corrected chi connectivity index (χ1v) is 8.58. The first kappa shape index (κ1) is 20.1. The predicted octanol–water partition coefficient (Wildman–Crippen LogP) is 2.14. The molecule has 6 nitrogen and oxygen atoms in total. The monoisotopic (exact) mass is 451 g/mol. The first-order chi connectivity index (χ1) is 10.6. The molecule has 0 atom stereocenters. The van der Waals surface area contributed by atoms with Crippen LogP contribution < -0.4 is 10.6 Å². The number of nitrogens with zero attached hydrogens (tertiary/aromatic N) is 3. The summed E-state index contributed by atoms with van der Waals surface area (Å²) in [5, 5.41) is 9.44. The molecule has 0 saturated heterocycles. The second-order valence-corrected chi connectivity index (χ2v) is 6.70. The molecule has 1 aliphatic rings. The molecule has 2 rings (SSSR count). The summed E-state index contributed by atoms with van der Waals surface area (Å²) >= 11 is 1.66. The molecule has 1 aromatic heterocycles. The van der Waals surface area contributed by atoms with Crippen LogP contribution in [0.5, 0.6) is 0 Å². The van der Waals surface area contributed by atoms with Gasteiger partial charge in [-0.1, -0.05) is 0 Å². The molecule has 0 radical (unpaired) electrons. The van der Waals surface area contributed by atoms with Crippen molar-refractivity contribution in [3.63, 3.8) is 0 Å². The van der Waals surface area contributed by atoms with Crippen LogP contribution in [0.15, 0.2) is 10.4 Å². The Morgan fingerprint density at radius 2 is 2.26 bits per heavy atom. The van der Waals surface area contributed by atoms with Gasteiger partial charge >= 0.3 is 0 Å². The fourth-order valence-electron chi connectivity index (χ4n) is 2.16. The maximum Gasteiger partial charge on any atom is 0.220 e. The molecule has 1 saturated carbocycles. The molecule has 0 bridgehead atoms. The maximum atomic E-state index is 11.6. The van der Waals surface area contributed by atoms with Crippen molar-refractivity contribution in [2.75, 3.05) is 20.6 Å². The molecule has 1 amide bonds. The number of thiazole rings is 1. The van der Waals surface area contributed by atoms with Gasteiger partial charge in [0, 0.05) is 38.5 Å². The highest BCUT2D eigenvalue weighted by molar-refractivity contribution is 14.0. The van der Waals surface area contributed by atoms with E-state index in [0.29, 0.717) is 12.5 Å². The summed E-state index contributed by atoms with van der Waals surface area (Å²) in [6, 6.07) is 0.445. The van der Waals surface area contributed by atoms with Gasteiger partial charge in [0.15, 0.2) is 5.96 Å². The minimum absolute atomic E-state index is 0. The summed E-state index contributed by atoms with van der Waals surface area (Å²) in [6.45, 7) is 3.48. The Morgan fingerprint density at radius 1 is 1.52 bits per heavy atom. The fraction of sp³-hybridized carbons (Fsp3) is 0.667. The Labute approximate surface area is 159 Å². The van der Waals surface area contributed by atoms with E-state index in [1.165, 1.54) is 0 Å². The molecule has 0 unspecified atom stereocenters. The quantitative estimate of drug-likeness (QED) is 0.289. The standard InChI is InChI=1S/C15H25N5OS.HI/c1-11-18-13(10-22-11)9-20(3)15(16-2)17-8-4-5-14(21)19-12-6-7-12;/h10,12H,4-9H2,1-3H3,(H,16,17)(H,19,21);1H. The lowest BCUT2D eigenvalue weighted by Gasteiger charge is -2.21. The van der Waals surface area contributed by atoms with Crippen molar-refractivity contribution in [2.45, 2.75) is 45.2 Å². The molecule has 130 valence electrons. The molecule has 1 fully saturated rings. The van der Waals surface area contributed by atoms with Crippen LogP contribution in [0.4, 0.5) is 0 Å². The van der Waals surface area contributed by atoms with Crippen LogP contribution in [0.3, 0.4) is 0 Å². The van der Waals surface area contributed by atoms with Crippen LogP contribution in [0.2, 0.25) is 0 Å². The second kappa shape index (κ2) is 10.1. The van der Waals surface area contributed by atoms with Crippen LogP contribution in [0.25, 0.3) is 0 Å². The number of carbonyl (C=O) groups is 1. The van der Waals surface area contributed by atoms with Gasteiger partial charge in [-0.15, -0.1) is 35.3 Å². The van der Waals surface area contributed by atoms with Gasteiger partial charge in [-0.05, 0) is 26.2 Å². The van der Waals surface area contributed by atoms with Crippen LogP contribution in [0.1, 0.15) is 36.4 Å². The molecule has 1 heterocycles. The van der Waals surface area contributed by atoms with Crippen molar-refractivity contribution < 1.29 is 4.79 Å². The number of aryl methyl sites for hydroxylation is 1. The summed E-state index contributed by atoms with van der Waals surface area (Å²) in [6.07, 6.45) is 3.64. The zero-order valence-corrected chi connectivity index (χ0v) is 17.1. The predicted molar refractivity (Wildman–Crippen MR) is 105 cm³/mol. The zero-order chi connectivity index (χ0) is 15.9. The highest BCUT2D eigenvalue weighted by Crippen LogP contribution is 2.18.